The predicted octanol–water partition coefficient (Wildman–Crippen LogP) is 4.82. The number of hydrogen-bond acceptors (Lipinski definition) is 7. The highest BCUT2D eigenvalue weighted by Gasteiger charge is 2.24. The normalized spacial score (nSPS) is 13.1. The molecule has 1 fully saturated rings. The van der Waals surface area contributed by atoms with E-state index in [4.69, 9.17) is 4.74 Å². The molecule has 0 spiro atoms. The van der Waals surface area contributed by atoms with Crippen LogP contribution in [0.2, 0.25) is 0 Å². The van der Waals surface area contributed by atoms with Crippen molar-refractivity contribution in [1.82, 2.24) is 14.9 Å². The van der Waals surface area contributed by atoms with E-state index in [2.05, 4.69) is 37.6 Å². The van der Waals surface area contributed by atoms with Gasteiger partial charge >= 0.3 is 0 Å². The maximum Gasteiger partial charge on any atom is 0.257 e. The van der Waals surface area contributed by atoms with Gasteiger partial charge in [-0.25, -0.2) is 9.97 Å². The van der Waals surface area contributed by atoms with Gasteiger partial charge in [-0.05, 0) is 48.5 Å². The average molecular weight is 523 g/mol. The summed E-state index contributed by atoms with van der Waals surface area (Å²) >= 11 is 0. The van der Waals surface area contributed by atoms with Gasteiger partial charge < -0.3 is 25.2 Å². The van der Waals surface area contributed by atoms with Gasteiger partial charge in [0.15, 0.2) is 0 Å². The maximum absolute atomic E-state index is 13.1. The van der Waals surface area contributed by atoms with Crippen LogP contribution in [0.1, 0.15) is 17.3 Å². The van der Waals surface area contributed by atoms with Gasteiger partial charge in [0, 0.05) is 61.9 Å². The number of methoxy groups -OCH3 is 1. The molecule has 0 saturated carbocycles. The highest BCUT2D eigenvalue weighted by atomic mass is 16.5. The number of nitrogens with one attached hydrogen (secondary N) is 2. The van der Waals surface area contributed by atoms with E-state index in [1.165, 1.54) is 6.92 Å². The van der Waals surface area contributed by atoms with Crippen LogP contribution in [-0.4, -0.2) is 60.0 Å². The third-order valence-corrected chi connectivity index (χ3v) is 6.53. The number of piperazine rings is 1. The second-order valence-electron chi connectivity index (χ2n) is 9.18. The molecule has 5 rings (SSSR count). The standard InChI is InChI=1S/C30H30N6O3/c1-21(37)32-23-12-10-22(11-13-23)27-14-15-31-30(34-27)33-24-6-5-7-25(20-24)35-16-18-36(19-17-35)29(38)26-8-3-4-9-28(26)39-2/h3-15,20H,16-19H2,1-2H3,(H,32,37)(H,31,33,34). The van der Waals surface area contributed by atoms with Crippen LogP contribution in [0.3, 0.4) is 0 Å². The lowest BCUT2D eigenvalue weighted by atomic mass is 10.1. The first-order valence-electron chi connectivity index (χ1n) is 12.8. The molecule has 198 valence electrons. The predicted molar refractivity (Wildman–Crippen MR) is 153 cm³/mol. The smallest absolute Gasteiger partial charge is 0.257 e. The van der Waals surface area contributed by atoms with Crippen LogP contribution in [-0.2, 0) is 4.79 Å². The van der Waals surface area contributed by atoms with Crippen LogP contribution < -0.4 is 20.3 Å². The number of benzene rings is 3. The zero-order valence-corrected chi connectivity index (χ0v) is 21.9. The summed E-state index contributed by atoms with van der Waals surface area (Å²) in [5.41, 5.74) is 4.95. The zero-order chi connectivity index (χ0) is 27.2. The Balaban J connectivity index is 1.23. The third kappa shape index (κ3) is 6.15. The van der Waals surface area contributed by atoms with Crippen LogP contribution in [0.5, 0.6) is 5.75 Å². The lowest BCUT2D eigenvalue weighted by Crippen LogP contribution is -2.48. The van der Waals surface area contributed by atoms with Crippen molar-refractivity contribution >= 4 is 34.8 Å². The minimum atomic E-state index is -0.110. The molecule has 4 aromatic rings. The first kappa shape index (κ1) is 25.7. The van der Waals surface area contributed by atoms with Crippen molar-refractivity contribution < 1.29 is 14.3 Å². The van der Waals surface area contributed by atoms with Crippen LogP contribution >= 0.6 is 0 Å². The highest BCUT2D eigenvalue weighted by Crippen LogP contribution is 2.26. The maximum atomic E-state index is 13.1. The highest BCUT2D eigenvalue weighted by molar-refractivity contribution is 5.97. The van der Waals surface area contributed by atoms with Crippen molar-refractivity contribution in [2.75, 3.05) is 48.8 Å². The average Bonchev–Trinajstić information content (AvgIpc) is 2.97. The summed E-state index contributed by atoms with van der Waals surface area (Å²) in [7, 11) is 1.58. The Morgan fingerprint density at radius 1 is 0.872 bits per heavy atom. The number of carbonyl (C=O) groups excluding carboxylic acids is 2. The van der Waals surface area contributed by atoms with Crippen molar-refractivity contribution in [3.63, 3.8) is 0 Å². The SMILES string of the molecule is COc1ccccc1C(=O)N1CCN(c2cccc(Nc3nccc(-c4ccc(NC(C)=O)cc4)n3)c2)CC1. The van der Waals surface area contributed by atoms with Gasteiger partial charge in [0.1, 0.15) is 5.75 Å². The molecule has 1 aliphatic rings. The molecule has 3 aromatic carbocycles. The van der Waals surface area contributed by atoms with E-state index < -0.39 is 0 Å². The number of ether oxygens (including phenoxy) is 1. The van der Waals surface area contributed by atoms with Crippen molar-refractivity contribution in [3.05, 3.63) is 90.6 Å². The Labute approximate surface area is 227 Å². The summed E-state index contributed by atoms with van der Waals surface area (Å²) < 4.78 is 5.37. The van der Waals surface area contributed by atoms with Gasteiger partial charge in [-0.15, -0.1) is 0 Å². The lowest BCUT2D eigenvalue weighted by Gasteiger charge is -2.36. The summed E-state index contributed by atoms with van der Waals surface area (Å²) in [6.45, 7) is 4.19. The number of carbonyl (C=O) groups is 2. The van der Waals surface area contributed by atoms with Gasteiger partial charge in [-0.2, -0.15) is 0 Å². The van der Waals surface area contributed by atoms with E-state index >= 15 is 0 Å². The topological polar surface area (TPSA) is 99.7 Å². The number of aromatic nitrogens is 2. The molecule has 1 saturated heterocycles. The van der Waals surface area contributed by atoms with E-state index in [0.29, 0.717) is 30.4 Å². The number of anilines is 4. The van der Waals surface area contributed by atoms with E-state index in [-0.39, 0.29) is 11.8 Å². The molecule has 2 heterocycles. The number of rotatable bonds is 7. The largest absolute Gasteiger partial charge is 0.496 e. The first-order chi connectivity index (χ1) is 19.0. The van der Waals surface area contributed by atoms with Crippen LogP contribution in [0.15, 0.2) is 85.1 Å². The second-order valence-corrected chi connectivity index (χ2v) is 9.18. The summed E-state index contributed by atoms with van der Waals surface area (Å²) in [5.74, 6) is 0.964. The van der Waals surface area contributed by atoms with E-state index in [9.17, 15) is 9.59 Å². The Morgan fingerprint density at radius 2 is 1.64 bits per heavy atom. The van der Waals surface area contributed by atoms with Gasteiger partial charge in [0.2, 0.25) is 11.9 Å². The minimum Gasteiger partial charge on any atom is -0.496 e. The Kier molecular flexibility index (Phi) is 7.68. The van der Waals surface area contributed by atoms with Crippen LogP contribution in [0.4, 0.5) is 23.0 Å². The molecule has 0 radical (unpaired) electrons. The van der Waals surface area contributed by atoms with Gasteiger partial charge in [-0.1, -0.05) is 30.3 Å². The van der Waals surface area contributed by atoms with Gasteiger partial charge in [-0.3, -0.25) is 9.59 Å². The Hall–Kier alpha value is -4.92. The Morgan fingerprint density at radius 3 is 2.38 bits per heavy atom. The summed E-state index contributed by atoms with van der Waals surface area (Å²) in [4.78, 5) is 37.5. The summed E-state index contributed by atoms with van der Waals surface area (Å²) in [6.07, 6.45) is 1.72. The molecular formula is C30H30N6O3. The fourth-order valence-electron chi connectivity index (χ4n) is 4.58. The van der Waals surface area contributed by atoms with Crippen molar-refractivity contribution in [3.8, 4) is 17.0 Å². The monoisotopic (exact) mass is 522 g/mol. The third-order valence-electron chi connectivity index (χ3n) is 6.53. The fourth-order valence-corrected chi connectivity index (χ4v) is 4.58. The first-order valence-corrected chi connectivity index (χ1v) is 12.8. The van der Waals surface area contributed by atoms with Crippen molar-refractivity contribution in [2.45, 2.75) is 6.92 Å². The number of amides is 2. The molecule has 0 bridgehead atoms. The van der Waals surface area contributed by atoms with Crippen molar-refractivity contribution in [2.24, 2.45) is 0 Å². The lowest BCUT2D eigenvalue weighted by molar-refractivity contribution is -0.114. The summed E-state index contributed by atoms with van der Waals surface area (Å²) in [5, 5.41) is 6.08. The number of hydrogen-bond donors (Lipinski definition) is 2. The molecule has 9 heteroatoms. The van der Waals surface area contributed by atoms with Gasteiger partial charge in [0.05, 0.1) is 18.4 Å². The molecule has 0 aliphatic carbocycles. The fraction of sp³-hybridized carbons (Fsp3) is 0.200. The van der Waals surface area contributed by atoms with Gasteiger partial charge in [0.25, 0.3) is 5.91 Å². The van der Waals surface area contributed by atoms with E-state index in [1.54, 1.807) is 19.4 Å². The van der Waals surface area contributed by atoms with Crippen LogP contribution in [0, 0.1) is 0 Å². The summed E-state index contributed by atoms with van der Waals surface area (Å²) in [6, 6.07) is 24.8. The Bertz CT molecular complexity index is 1470. The molecule has 0 atom stereocenters. The molecular weight excluding hydrogens is 492 g/mol. The molecule has 1 aliphatic heterocycles. The second kappa shape index (κ2) is 11.6. The molecule has 2 amide bonds. The number of nitrogens with zero attached hydrogens (tertiary/aromatic N) is 4. The molecule has 39 heavy (non-hydrogen) atoms. The molecule has 2 N–H and O–H groups in total. The molecule has 9 nitrogen and oxygen atoms in total. The molecule has 0 unspecified atom stereocenters. The quantitative estimate of drug-likeness (QED) is 0.359. The zero-order valence-electron chi connectivity index (χ0n) is 21.9. The van der Waals surface area contributed by atoms with E-state index in [1.807, 2.05) is 65.6 Å². The van der Waals surface area contributed by atoms with E-state index in [0.717, 1.165) is 41.4 Å². The minimum absolute atomic E-state index is 0.00990. The van der Waals surface area contributed by atoms with Crippen LogP contribution in [0.25, 0.3) is 11.3 Å². The molecule has 1 aromatic heterocycles. The van der Waals surface area contributed by atoms with Crippen molar-refractivity contribution in [1.29, 1.82) is 0 Å². The number of para-hydroxylation sites is 1.